The lowest BCUT2D eigenvalue weighted by atomic mass is 10.2. The molecule has 0 aromatic carbocycles. The van der Waals surface area contributed by atoms with Gasteiger partial charge in [-0.3, -0.25) is 0 Å². The van der Waals surface area contributed by atoms with Gasteiger partial charge in [-0.1, -0.05) is 0 Å². The molecule has 0 saturated carbocycles. The molecule has 0 amide bonds. The lowest BCUT2D eigenvalue weighted by molar-refractivity contribution is 0.282. The highest BCUT2D eigenvalue weighted by molar-refractivity contribution is 5.48. The molecule has 1 unspecified atom stereocenters. The normalized spacial score (nSPS) is 12.2. The maximum absolute atomic E-state index is 8.78. The molecule has 5 heteroatoms. The molecule has 0 aliphatic carbocycles. The van der Waals surface area contributed by atoms with Gasteiger partial charge in [-0.2, -0.15) is 0 Å². The summed E-state index contributed by atoms with van der Waals surface area (Å²) in [6.07, 6.45) is 3.19. The molecule has 0 aliphatic heterocycles. The van der Waals surface area contributed by atoms with Crippen molar-refractivity contribution in [1.29, 1.82) is 0 Å². The predicted octanol–water partition coefficient (Wildman–Crippen LogP) is 1.76. The fraction of sp³-hybridized carbons (Fsp3) is 0.667. The second-order valence-electron chi connectivity index (χ2n) is 4.00. The highest BCUT2D eigenvalue weighted by Crippen LogP contribution is 2.21. The van der Waals surface area contributed by atoms with E-state index in [-0.39, 0.29) is 12.6 Å². The Labute approximate surface area is 102 Å². The lowest BCUT2D eigenvalue weighted by Crippen LogP contribution is -2.17. The summed E-state index contributed by atoms with van der Waals surface area (Å²) in [6.45, 7) is 6.75. The smallest absolute Gasteiger partial charge is 0.221 e. The van der Waals surface area contributed by atoms with E-state index in [0.29, 0.717) is 12.5 Å². The maximum atomic E-state index is 8.78. The highest BCUT2D eigenvalue weighted by Gasteiger charge is 2.10. The number of anilines is 1. The number of nitrogens with zero attached hydrogens (tertiary/aromatic N) is 2. The van der Waals surface area contributed by atoms with E-state index in [0.717, 1.165) is 24.2 Å². The van der Waals surface area contributed by atoms with E-state index >= 15 is 0 Å². The first kappa shape index (κ1) is 13.7. The Morgan fingerprint density at radius 2 is 2.24 bits per heavy atom. The minimum atomic E-state index is 0.221. The summed E-state index contributed by atoms with van der Waals surface area (Å²) in [7, 11) is 0. The first-order chi connectivity index (χ1) is 8.19. The van der Waals surface area contributed by atoms with Crippen LogP contribution in [0.15, 0.2) is 6.33 Å². The Bertz CT molecular complexity index is 345. The molecule has 0 spiro atoms. The molecule has 1 heterocycles. The third-order valence-electron chi connectivity index (χ3n) is 2.50. The van der Waals surface area contributed by atoms with E-state index in [1.54, 1.807) is 0 Å². The largest absolute Gasteiger partial charge is 0.478 e. The van der Waals surface area contributed by atoms with E-state index in [4.69, 9.17) is 9.84 Å². The standard InChI is InChI=1S/C12H21N3O2/c1-4-17-12-10(3)11(13-8-14-12)15-9(2)6-5-7-16/h8-9,16H,4-7H2,1-3H3,(H,13,14,15). The molecule has 0 bridgehead atoms. The first-order valence-corrected chi connectivity index (χ1v) is 6.00. The lowest BCUT2D eigenvalue weighted by Gasteiger charge is -2.16. The summed E-state index contributed by atoms with van der Waals surface area (Å²) in [5.74, 6) is 1.42. The Morgan fingerprint density at radius 3 is 2.88 bits per heavy atom. The van der Waals surface area contributed by atoms with Gasteiger partial charge in [0.2, 0.25) is 5.88 Å². The Balaban J connectivity index is 2.67. The van der Waals surface area contributed by atoms with Gasteiger partial charge >= 0.3 is 0 Å². The van der Waals surface area contributed by atoms with E-state index in [1.165, 1.54) is 6.33 Å². The monoisotopic (exact) mass is 239 g/mol. The number of hydrogen-bond acceptors (Lipinski definition) is 5. The second-order valence-corrected chi connectivity index (χ2v) is 4.00. The van der Waals surface area contributed by atoms with Crippen molar-refractivity contribution in [2.75, 3.05) is 18.5 Å². The SMILES string of the molecule is CCOc1ncnc(NC(C)CCCO)c1C. The number of rotatable bonds is 7. The summed E-state index contributed by atoms with van der Waals surface area (Å²) >= 11 is 0. The number of nitrogens with one attached hydrogen (secondary N) is 1. The molecule has 0 aliphatic rings. The molecule has 0 fully saturated rings. The van der Waals surface area contributed by atoms with Gasteiger partial charge in [-0.15, -0.1) is 0 Å². The highest BCUT2D eigenvalue weighted by atomic mass is 16.5. The third kappa shape index (κ3) is 4.19. The first-order valence-electron chi connectivity index (χ1n) is 6.00. The van der Waals surface area contributed by atoms with Crippen LogP contribution in [0.4, 0.5) is 5.82 Å². The van der Waals surface area contributed by atoms with Gasteiger partial charge in [0.25, 0.3) is 0 Å². The molecule has 17 heavy (non-hydrogen) atoms. The average molecular weight is 239 g/mol. The molecule has 0 radical (unpaired) electrons. The molecular formula is C12H21N3O2. The predicted molar refractivity (Wildman–Crippen MR) is 67.3 cm³/mol. The average Bonchev–Trinajstić information content (AvgIpc) is 2.32. The molecule has 2 N–H and O–H groups in total. The van der Waals surface area contributed by atoms with Crippen LogP contribution in [0.25, 0.3) is 0 Å². The molecule has 96 valence electrons. The van der Waals surface area contributed by atoms with Crippen LogP contribution in [0.2, 0.25) is 0 Å². The Hall–Kier alpha value is -1.36. The topological polar surface area (TPSA) is 67.3 Å². The van der Waals surface area contributed by atoms with Crippen LogP contribution in [0.1, 0.15) is 32.3 Å². The molecular weight excluding hydrogens is 218 g/mol. The van der Waals surface area contributed by atoms with Gasteiger partial charge < -0.3 is 15.2 Å². The van der Waals surface area contributed by atoms with Crippen LogP contribution < -0.4 is 10.1 Å². The van der Waals surface area contributed by atoms with Gasteiger partial charge in [0.15, 0.2) is 0 Å². The fourth-order valence-corrected chi connectivity index (χ4v) is 1.56. The summed E-state index contributed by atoms with van der Waals surface area (Å²) in [4.78, 5) is 8.29. The molecule has 1 aromatic heterocycles. The van der Waals surface area contributed by atoms with Crippen molar-refractivity contribution in [2.24, 2.45) is 0 Å². The summed E-state index contributed by atoms with van der Waals surface area (Å²) < 4.78 is 5.41. The van der Waals surface area contributed by atoms with Gasteiger partial charge in [-0.05, 0) is 33.6 Å². The molecule has 1 atom stereocenters. The van der Waals surface area contributed by atoms with Crippen molar-refractivity contribution in [3.8, 4) is 5.88 Å². The van der Waals surface area contributed by atoms with Crippen LogP contribution in [0.5, 0.6) is 5.88 Å². The van der Waals surface area contributed by atoms with Crippen molar-refractivity contribution >= 4 is 5.82 Å². The van der Waals surface area contributed by atoms with Crippen molar-refractivity contribution in [1.82, 2.24) is 9.97 Å². The molecule has 0 saturated heterocycles. The van der Waals surface area contributed by atoms with Gasteiger partial charge in [-0.25, -0.2) is 9.97 Å². The van der Waals surface area contributed by atoms with Gasteiger partial charge in [0, 0.05) is 12.6 Å². The zero-order chi connectivity index (χ0) is 12.7. The Kier molecular flexibility index (Phi) is 5.69. The second kappa shape index (κ2) is 7.06. The van der Waals surface area contributed by atoms with Crippen LogP contribution in [-0.4, -0.2) is 34.3 Å². The van der Waals surface area contributed by atoms with Crippen molar-refractivity contribution in [2.45, 2.75) is 39.7 Å². The van der Waals surface area contributed by atoms with E-state index in [9.17, 15) is 0 Å². The van der Waals surface area contributed by atoms with E-state index < -0.39 is 0 Å². The summed E-state index contributed by atoms with van der Waals surface area (Å²) in [6, 6.07) is 0.269. The molecule has 1 aromatic rings. The number of hydrogen-bond donors (Lipinski definition) is 2. The third-order valence-corrected chi connectivity index (χ3v) is 2.50. The van der Waals surface area contributed by atoms with Gasteiger partial charge in [0.1, 0.15) is 12.1 Å². The quantitative estimate of drug-likeness (QED) is 0.759. The van der Waals surface area contributed by atoms with Crippen molar-refractivity contribution < 1.29 is 9.84 Å². The van der Waals surface area contributed by atoms with Gasteiger partial charge in [0.05, 0.1) is 12.2 Å². The van der Waals surface area contributed by atoms with Crippen molar-refractivity contribution in [3.63, 3.8) is 0 Å². The Morgan fingerprint density at radius 1 is 1.47 bits per heavy atom. The van der Waals surface area contributed by atoms with E-state index in [1.807, 2.05) is 13.8 Å². The maximum Gasteiger partial charge on any atom is 0.221 e. The summed E-state index contributed by atoms with van der Waals surface area (Å²) in [5.41, 5.74) is 0.921. The minimum Gasteiger partial charge on any atom is -0.478 e. The van der Waals surface area contributed by atoms with Crippen molar-refractivity contribution in [3.05, 3.63) is 11.9 Å². The van der Waals surface area contributed by atoms with Crippen LogP contribution in [-0.2, 0) is 0 Å². The summed E-state index contributed by atoms with van der Waals surface area (Å²) in [5, 5.41) is 12.1. The number of ether oxygens (including phenoxy) is 1. The number of aliphatic hydroxyl groups excluding tert-OH is 1. The molecule has 1 rings (SSSR count). The number of aromatic nitrogens is 2. The van der Waals surface area contributed by atoms with Crippen LogP contribution in [0, 0.1) is 6.92 Å². The van der Waals surface area contributed by atoms with Crippen LogP contribution >= 0.6 is 0 Å². The van der Waals surface area contributed by atoms with Crippen LogP contribution in [0.3, 0.4) is 0 Å². The fourth-order valence-electron chi connectivity index (χ4n) is 1.56. The minimum absolute atomic E-state index is 0.221. The van der Waals surface area contributed by atoms with E-state index in [2.05, 4.69) is 22.2 Å². The number of aliphatic hydroxyl groups is 1. The zero-order valence-electron chi connectivity index (χ0n) is 10.7. The zero-order valence-corrected chi connectivity index (χ0v) is 10.7. The molecule has 5 nitrogen and oxygen atoms in total.